The average molecular weight is 353 g/mol. The van der Waals surface area contributed by atoms with Crippen LogP contribution in [0.15, 0.2) is 30.3 Å². The Hall–Kier alpha value is -0.640. The molecule has 1 nitrogen and oxygen atoms in total. The molecule has 0 unspecified atom stereocenters. The monoisotopic (exact) mass is 353 g/mol. The summed E-state index contributed by atoms with van der Waals surface area (Å²) >= 11 is 2.45. The van der Waals surface area contributed by atoms with E-state index in [-0.39, 0.29) is 8.84 Å². The molecule has 0 aliphatic carbocycles. The molecular weight excluding hydrogens is 333 g/mol. The fourth-order valence-electron chi connectivity index (χ4n) is 2.08. The molecule has 1 heterocycles. The first-order valence-corrected chi connectivity index (χ1v) is 7.37. The van der Waals surface area contributed by atoms with Crippen molar-refractivity contribution in [1.82, 2.24) is 4.98 Å². The molecular formula is C16H20IN. The van der Waals surface area contributed by atoms with Crippen LogP contribution in [0, 0.1) is 0 Å². The van der Waals surface area contributed by atoms with Crippen LogP contribution < -0.4 is 0 Å². The minimum Gasteiger partial charge on any atom is -0.251 e. The lowest BCUT2D eigenvalue weighted by molar-refractivity contribution is 0.594. The molecule has 0 N–H and O–H groups in total. The second-order valence-electron chi connectivity index (χ2n) is 6.30. The molecule has 0 amide bonds. The van der Waals surface area contributed by atoms with Crippen molar-refractivity contribution in [1.29, 1.82) is 0 Å². The molecule has 0 saturated carbocycles. The zero-order valence-corrected chi connectivity index (χ0v) is 13.9. The van der Waals surface area contributed by atoms with Gasteiger partial charge in [0.1, 0.15) is 0 Å². The first-order valence-electron chi connectivity index (χ1n) is 6.29. The number of halogens is 1. The minimum absolute atomic E-state index is 0.0664. The highest BCUT2D eigenvalue weighted by Crippen LogP contribution is 2.33. The molecule has 0 bridgehead atoms. The Morgan fingerprint density at radius 3 is 2.17 bits per heavy atom. The fraction of sp³-hybridized carbons (Fsp3) is 0.438. The minimum atomic E-state index is 0.0664. The maximum atomic E-state index is 4.91. The van der Waals surface area contributed by atoms with Gasteiger partial charge < -0.3 is 0 Å². The highest BCUT2D eigenvalue weighted by Gasteiger charge is 2.21. The zero-order valence-electron chi connectivity index (χ0n) is 11.7. The Balaban J connectivity index is 2.74. The standard InChI is InChI=1S/C16H20IN/c1-15(2,3)12-8-6-7-11-9-10-13(16(4,5)17)18-14(11)12/h6-10H,1-5H3. The van der Waals surface area contributed by atoms with Gasteiger partial charge in [0.2, 0.25) is 0 Å². The summed E-state index contributed by atoms with van der Waals surface area (Å²) in [7, 11) is 0. The molecule has 0 atom stereocenters. The molecule has 18 heavy (non-hydrogen) atoms. The maximum absolute atomic E-state index is 4.91. The molecule has 0 fully saturated rings. The van der Waals surface area contributed by atoms with Crippen LogP contribution in [0.1, 0.15) is 45.9 Å². The van der Waals surface area contributed by atoms with Gasteiger partial charge in [-0.15, -0.1) is 0 Å². The third-order valence-corrected chi connectivity index (χ3v) is 3.69. The average Bonchev–Trinajstić information content (AvgIpc) is 2.25. The largest absolute Gasteiger partial charge is 0.251 e. The van der Waals surface area contributed by atoms with Gasteiger partial charge in [0.25, 0.3) is 0 Å². The quantitative estimate of drug-likeness (QED) is 0.507. The molecule has 0 aliphatic rings. The Morgan fingerprint density at radius 2 is 1.61 bits per heavy atom. The normalized spacial score (nSPS) is 13.0. The number of rotatable bonds is 1. The lowest BCUT2D eigenvalue weighted by Crippen LogP contribution is -2.14. The third kappa shape index (κ3) is 2.68. The summed E-state index contributed by atoms with van der Waals surface area (Å²) in [6.07, 6.45) is 0. The van der Waals surface area contributed by atoms with Gasteiger partial charge in [0.15, 0.2) is 0 Å². The molecule has 1 aromatic heterocycles. The van der Waals surface area contributed by atoms with Gasteiger partial charge in [-0.2, -0.15) is 0 Å². The van der Waals surface area contributed by atoms with E-state index in [2.05, 4.69) is 87.5 Å². The van der Waals surface area contributed by atoms with Gasteiger partial charge in [0.05, 0.1) is 14.6 Å². The highest BCUT2D eigenvalue weighted by atomic mass is 127. The van der Waals surface area contributed by atoms with Gasteiger partial charge in [0, 0.05) is 5.39 Å². The molecule has 0 spiro atoms. The van der Waals surface area contributed by atoms with Crippen molar-refractivity contribution in [2.24, 2.45) is 0 Å². The molecule has 2 rings (SSSR count). The van der Waals surface area contributed by atoms with Gasteiger partial charge in [-0.25, -0.2) is 0 Å². The predicted octanol–water partition coefficient (Wildman–Crippen LogP) is 5.20. The number of alkyl halides is 1. The molecule has 0 radical (unpaired) electrons. The van der Waals surface area contributed by atoms with Gasteiger partial charge in [-0.05, 0) is 30.9 Å². The summed E-state index contributed by atoms with van der Waals surface area (Å²) in [5.41, 5.74) is 3.74. The van der Waals surface area contributed by atoms with E-state index < -0.39 is 0 Å². The summed E-state index contributed by atoms with van der Waals surface area (Å²) in [5.74, 6) is 0. The Kier molecular flexibility index (Phi) is 3.43. The van der Waals surface area contributed by atoms with E-state index in [4.69, 9.17) is 4.98 Å². The number of pyridine rings is 1. The number of hydrogen-bond acceptors (Lipinski definition) is 1. The van der Waals surface area contributed by atoms with Crippen LogP contribution in [0.3, 0.4) is 0 Å². The number of aromatic nitrogens is 1. The summed E-state index contributed by atoms with van der Waals surface area (Å²) < 4.78 is 0.0664. The fourth-order valence-corrected chi connectivity index (χ4v) is 2.38. The van der Waals surface area contributed by atoms with Crippen LogP contribution in [-0.4, -0.2) is 4.98 Å². The lowest BCUT2D eigenvalue weighted by Gasteiger charge is -2.22. The molecule has 2 heteroatoms. The van der Waals surface area contributed by atoms with Gasteiger partial charge in [-0.1, -0.05) is 67.6 Å². The second-order valence-corrected chi connectivity index (χ2v) is 8.99. The van der Waals surface area contributed by atoms with Crippen LogP contribution in [0.5, 0.6) is 0 Å². The number of fused-ring (bicyclic) bond motifs is 1. The Bertz CT molecular complexity index is 574. The second kappa shape index (κ2) is 4.48. The zero-order chi connectivity index (χ0) is 13.6. The van der Waals surface area contributed by atoms with Crippen LogP contribution in [0.2, 0.25) is 0 Å². The van der Waals surface area contributed by atoms with E-state index in [1.54, 1.807) is 0 Å². The SMILES string of the molecule is CC(C)(C)c1cccc2ccc(C(C)(C)I)nc12. The van der Waals surface area contributed by atoms with Crippen LogP contribution in [-0.2, 0) is 8.84 Å². The van der Waals surface area contributed by atoms with Crippen molar-refractivity contribution in [2.75, 3.05) is 0 Å². The first kappa shape index (κ1) is 13.8. The van der Waals surface area contributed by atoms with Crippen molar-refractivity contribution in [3.63, 3.8) is 0 Å². The molecule has 2 aromatic rings. The van der Waals surface area contributed by atoms with Crippen molar-refractivity contribution in [2.45, 2.75) is 43.5 Å². The van der Waals surface area contributed by atoms with E-state index in [0.29, 0.717) is 0 Å². The van der Waals surface area contributed by atoms with E-state index in [1.165, 1.54) is 10.9 Å². The van der Waals surface area contributed by atoms with Crippen molar-refractivity contribution in [3.8, 4) is 0 Å². The molecule has 0 saturated heterocycles. The predicted molar refractivity (Wildman–Crippen MR) is 87.5 cm³/mol. The molecule has 0 aliphatic heterocycles. The highest BCUT2D eigenvalue weighted by molar-refractivity contribution is 14.1. The third-order valence-electron chi connectivity index (χ3n) is 3.14. The Labute approximate surface area is 123 Å². The molecule has 1 aromatic carbocycles. The summed E-state index contributed by atoms with van der Waals surface area (Å²) in [5, 5.41) is 1.23. The van der Waals surface area contributed by atoms with Gasteiger partial charge in [-0.3, -0.25) is 4.98 Å². The van der Waals surface area contributed by atoms with E-state index in [1.807, 2.05) is 0 Å². The summed E-state index contributed by atoms with van der Waals surface area (Å²) in [6, 6.07) is 10.8. The van der Waals surface area contributed by atoms with E-state index >= 15 is 0 Å². The van der Waals surface area contributed by atoms with Crippen molar-refractivity contribution >= 4 is 33.5 Å². The lowest BCUT2D eigenvalue weighted by atomic mass is 9.85. The van der Waals surface area contributed by atoms with Crippen molar-refractivity contribution in [3.05, 3.63) is 41.6 Å². The topological polar surface area (TPSA) is 12.9 Å². The van der Waals surface area contributed by atoms with Crippen LogP contribution >= 0.6 is 22.6 Å². The first-order chi connectivity index (χ1) is 8.19. The Morgan fingerprint density at radius 1 is 0.944 bits per heavy atom. The van der Waals surface area contributed by atoms with Crippen molar-refractivity contribution < 1.29 is 0 Å². The number of hydrogen-bond donors (Lipinski definition) is 0. The van der Waals surface area contributed by atoms with E-state index in [9.17, 15) is 0 Å². The van der Waals surface area contributed by atoms with Gasteiger partial charge >= 0.3 is 0 Å². The number of para-hydroxylation sites is 1. The molecule has 96 valence electrons. The van der Waals surface area contributed by atoms with Crippen LogP contribution in [0.25, 0.3) is 10.9 Å². The number of benzene rings is 1. The van der Waals surface area contributed by atoms with Crippen LogP contribution in [0.4, 0.5) is 0 Å². The van der Waals surface area contributed by atoms with E-state index in [0.717, 1.165) is 11.2 Å². The number of nitrogens with zero attached hydrogens (tertiary/aromatic N) is 1. The maximum Gasteiger partial charge on any atom is 0.0743 e. The smallest absolute Gasteiger partial charge is 0.0743 e. The summed E-state index contributed by atoms with van der Waals surface area (Å²) in [4.78, 5) is 4.91. The summed E-state index contributed by atoms with van der Waals surface area (Å²) in [6.45, 7) is 11.1.